The average molecular weight is 473 g/mol. The van der Waals surface area contributed by atoms with Gasteiger partial charge in [0.05, 0.1) is 13.2 Å². The van der Waals surface area contributed by atoms with Gasteiger partial charge in [0.1, 0.15) is 0 Å². The van der Waals surface area contributed by atoms with Gasteiger partial charge in [0.15, 0.2) is 0 Å². The first-order valence-electron chi connectivity index (χ1n) is 13.6. The number of alkyl carbamates (subject to hydrolysis) is 2. The minimum absolute atomic E-state index is 0.371. The second kappa shape index (κ2) is 15.6. The van der Waals surface area contributed by atoms with Crippen molar-refractivity contribution in [1.82, 2.24) is 10.6 Å². The zero-order valence-corrected chi connectivity index (χ0v) is 20.8. The molecule has 0 saturated heterocycles. The minimum atomic E-state index is -0.371. The van der Waals surface area contributed by atoms with Gasteiger partial charge in [-0.25, -0.2) is 9.59 Å². The van der Waals surface area contributed by atoms with E-state index in [0.717, 1.165) is 48.6 Å². The molecule has 6 nitrogen and oxygen atoms in total. The Morgan fingerprint density at radius 2 is 1.15 bits per heavy atom. The standard InChI is InChI=1S/C28H44N2O4/c31-27(33-18-8-16-23-10-3-1-4-11-23)29-21-25-14-7-15-26(20-25)22-30-28(32)34-19-9-17-24-12-5-2-6-13-24/h7,14-15,20,23-24H,1-6,8-13,16-19,21-22H2,(H,29,31)(H,30,32). The van der Waals surface area contributed by atoms with Gasteiger partial charge in [0.25, 0.3) is 0 Å². The highest BCUT2D eigenvalue weighted by molar-refractivity contribution is 5.67. The van der Waals surface area contributed by atoms with E-state index in [9.17, 15) is 9.59 Å². The quantitative estimate of drug-likeness (QED) is 0.326. The first kappa shape index (κ1) is 26.4. The van der Waals surface area contributed by atoms with E-state index in [1.165, 1.54) is 64.2 Å². The van der Waals surface area contributed by atoms with Crippen LogP contribution in [-0.2, 0) is 22.6 Å². The molecule has 0 spiro atoms. The summed E-state index contributed by atoms with van der Waals surface area (Å²) >= 11 is 0. The van der Waals surface area contributed by atoms with Gasteiger partial charge in [-0.1, -0.05) is 88.5 Å². The van der Waals surface area contributed by atoms with Crippen LogP contribution in [0.1, 0.15) is 101 Å². The smallest absolute Gasteiger partial charge is 0.407 e. The van der Waals surface area contributed by atoms with Crippen LogP contribution in [0.2, 0.25) is 0 Å². The summed E-state index contributed by atoms with van der Waals surface area (Å²) in [6, 6.07) is 7.82. The third-order valence-corrected chi connectivity index (χ3v) is 7.29. The summed E-state index contributed by atoms with van der Waals surface area (Å²) in [5, 5.41) is 5.64. The van der Waals surface area contributed by atoms with Crippen molar-refractivity contribution in [2.45, 2.75) is 103 Å². The summed E-state index contributed by atoms with van der Waals surface area (Å²) in [6.45, 7) is 1.77. The number of amides is 2. The fraction of sp³-hybridized carbons (Fsp3) is 0.714. The summed E-state index contributed by atoms with van der Waals surface area (Å²) in [5.41, 5.74) is 1.94. The molecule has 0 aliphatic heterocycles. The lowest BCUT2D eigenvalue weighted by Crippen LogP contribution is -2.25. The summed E-state index contributed by atoms with van der Waals surface area (Å²) in [5.74, 6) is 1.63. The molecule has 2 amide bonds. The van der Waals surface area contributed by atoms with E-state index in [-0.39, 0.29) is 12.2 Å². The fourth-order valence-electron chi connectivity index (χ4n) is 5.33. The largest absolute Gasteiger partial charge is 0.450 e. The van der Waals surface area contributed by atoms with Gasteiger partial charge >= 0.3 is 12.2 Å². The second-order valence-corrected chi connectivity index (χ2v) is 10.1. The fourth-order valence-corrected chi connectivity index (χ4v) is 5.33. The van der Waals surface area contributed by atoms with Gasteiger partial charge in [-0.3, -0.25) is 0 Å². The van der Waals surface area contributed by atoms with Crippen molar-refractivity contribution >= 4 is 12.2 Å². The molecule has 0 radical (unpaired) electrons. The topological polar surface area (TPSA) is 76.7 Å². The first-order chi connectivity index (χ1) is 16.7. The maximum atomic E-state index is 12.0. The molecule has 2 aliphatic carbocycles. The molecule has 0 unspecified atom stereocenters. The van der Waals surface area contributed by atoms with Crippen molar-refractivity contribution < 1.29 is 19.1 Å². The van der Waals surface area contributed by atoms with Gasteiger partial charge in [-0.15, -0.1) is 0 Å². The molecule has 2 N–H and O–H groups in total. The molecule has 0 heterocycles. The molecule has 2 aliphatic rings. The normalized spacial score (nSPS) is 17.2. The highest BCUT2D eigenvalue weighted by Crippen LogP contribution is 2.28. The van der Waals surface area contributed by atoms with Crippen molar-refractivity contribution in [3.8, 4) is 0 Å². The van der Waals surface area contributed by atoms with Crippen molar-refractivity contribution in [3.05, 3.63) is 35.4 Å². The molecular weight excluding hydrogens is 428 g/mol. The molecule has 0 bridgehead atoms. The number of rotatable bonds is 12. The van der Waals surface area contributed by atoms with E-state index in [1.54, 1.807) is 0 Å². The summed E-state index contributed by atoms with van der Waals surface area (Å²) in [6.07, 6.45) is 16.9. The lowest BCUT2D eigenvalue weighted by molar-refractivity contribution is 0.139. The molecular formula is C28H44N2O4. The predicted octanol–water partition coefficient (Wildman–Crippen LogP) is 6.86. The lowest BCUT2D eigenvalue weighted by Gasteiger charge is -2.21. The van der Waals surface area contributed by atoms with Gasteiger partial charge in [-0.05, 0) is 48.6 Å². The highest BCUT2D eigenvalue weighted by atomic mass is 16.6. The third kappa shape index (κ3) is 10.8. The monoisotopic (exact) mass is 472 g/mol. The van der Waals surface area contributed by atoms with Gasteiger partial charge in [0, 0.05) is 13.1 Å². The molecule has 34 heavy (non-hydrogen) atoms. The highest BCUT2D eigenvalue weighted by Gasteiger charge is 2.14. The van der Waals surface area contributed by atoms with Crippen LogP contribution < -0.4 is 10.6 Å². The summed E-state index contributed by atoms with van der Waals surface area (Å²) < 4.78 is 10.7. The van der Waals surface area contributed by atoms with Gasteiger partial charge in [-0.2, -0.15) is 0 Å². The van der Waals surface area contributed by atoms with E-state index in [0.29, 0.717) is 26.3 Å². The van der Waals surface area contributed by atoms with Crippen molar-refractivity contribution in [1.29, 1.82) is 0 Å². The molecule has 2 saturated carbocycles. The Hall–Kier alpha value is -2.24. The zero-order chi connectivity index (χ0) is 23.8. The van der Waals surface area contributed by atoms with E-state index < -0.39 is 0 Å². The Bertz CT molecular complexity index is 670. The van der Waals surface area contributed by atoms with Crippen LogP contribution in [-0.4, -0.2) is 25.4 Å². The van der Waals surface area contributed by atoms with Crippen LogP contribution in [0.25, 0.3) is 0 Å². The molecule has 190 valence electrons. The molecule has 0 aromatic heterocycles. The molecule has 1 aromatic carbocycles. The van der Waals surface area contributed by atoms with Crippen LogP contribution >= 0.6 is 0 Å². The van der Waals surface area contributed by atoms with Gasteiger partial charge in [0.2, 0.25) is 0 Å². The molecule has 6 heteroatoms. The predicted molar refractivity (Wildman–Crippen MR) is 134 cm³/mol. The minimum Gasteiger partial charge on any atom is -0.450 e. The molecule has 3 rings (SSSR count). The number of ether oxygens (including phenoxy) is 2. The van der Waals surface area contributed by atoms with Gasteiger partial charge < -0.3 is 20.1 Å². The van der Waals surface area contributed by atoms with E-state index >= 15 is 0 Å². The van der Waals surface area contributed by atoms with Crippen LogP contribution in [0.15, 0.2) is 24.3 Å². The zero-order valence-electron chi connectivity index (χ0n) is 20.8. The summed E-state index contributed by atoms with van der Waals surface area (Å²) in [4.78, 5) is 24.0. The molecule has 2 fully saturated rings. The maximum absolute atomic E-state index is 12.0. The Morgan fingerprint density at radius 1 is 0.706 bits per heavy atom. The van der Waals surface area contributed by atoms with E-state index in [1.807, 2.05) is 24.3 Å². The number of benzene rings is 1. The lowest BCUT2D eigenvalue weighted by atomic mass is 9.86. The Kier molecular flexibility index (Phi) is 12.1. The Balaban J connectivity index is 1.23. The molecule has 1 aromatic rings. The number of nitrogens with one attached hydrogen (secondary N) is 2. The average Bonchev–Trinajstić information content (AvgIpc) is 2.88. The Morgan fingerprint density at radius 3 is 1.59 bits per heavy atom. The SMILES string of the molecule is O=C(NCc1cccc(CNC(=O)OCCCC2CCCCC2)c1)OCCCC1CCCCC1. The van der Waals surface area contributed by atoms with E-state index in [4.69, 9.17) is 9.47 Å². The molecule has 0 atom stereocenters. The van der Waals surface area contributed by atoms with Crippen molar-refractivity contribution in [2.75, 3.05) is 13.2 Å². The van der Waals surface area contributed by atoms with Crippen LogP contribution in [0.5, 0.6) is 0 Å². The maximum Gasteiger partial charge on any atom is 0.407 e. The third-order valence-electron chi connectivity index (χ3n) is 7.29. The van der Waals surface area contributed by atoms with Crippen LogP contribution in [0.4, 0.5) is 9.59 Å². The Labute approximate surface area is 205 Å². The van der Waals surface area contributed by atoms with Crippen molar-refractivity contribution in [3.63, 3.8) is 0 Å². The number of carbonyl (C=O) groups is 2. The van der Waals surface area contributed by atoms with E-state index in [2.05, 4.69) is 10.6 Å². The number of carbonyl (C=O) groups excluding carboxylic acids is 2. The number of hydrogen-bond donors (Lipinski definition) is 2. The second-order valence-electron chi connectivity index (χ2n) is 10.1. The summed E-state index contributed by atoms with van der Waals surface area (Å²) in [7, 11) is 0. The van der Waals surface area contributed by atoms with Crippen LogP contribution in [0, 0.1) is 11.8 Å². The number of hydrogen-bond acceptors (Lipinski definition) is 4. The first-order valence-corrected chi connectivity index (χ1v) is 13.6. The van der Waals surface area contributed by atoms with Crippen LogP contribution in [0.3, 0.4) is 0 Å². The van der Waals surface area contributed by atoms with Crippen molar-refractivity contribution in [2.24, 2.45) is 11.8 Å².